The van der Waals surface area contributed by atoms with Crippen LogP contribution in [-0.2, 0) is 4.74 Å². The molecule has 0 saturated carbocycles. The van der Waals surface area contributed by atoms with Crippen LogP contribution in [0.4, 0.5) is 26.3 Å². The van der Waals surface area contributed by atoms with Crippen LogP contribution in [0.2, 0.25) is 0 Å². The summed E-state index contributed by atoms with van der Waals surface area (Å²) in [5, 5.41) is 0. The van der Waals surface area contributed by atoms with E-state index in [2.05, 4.69) is 9.73 Å². The molecule has 3 atom stereocenters. The van der Waals surface area contributed by atoms with Crippen molar-refractivity contribution < 1.29 is 31.1 Å². The molecule has 1 aliphatic rings. The van der Waals surface area contributed by atoms with E-state index in [4.69, 9.17) is 5.73 Å². The second-order valence-electron chi connectivity index (χ2n) is 4.43. The highest BCUT2D eigenvalue weighted by Crippen LogP contribution is 2.43. The number of ether oxygens (including phenoxy) is 1. The van der Waals surface area contributed by atoms with Crippen molar-refractivity contribution in [3.63, 3.8) is 0 Å². The van der Waals surface area contributed by atoms with Gasteiger partial charge in [0.1, 0.15) is 5.82 Å². The molecule has 116 valence electrons. The van der Waals surface area contributed by atoms with Crippen LogP contribution in [0.3, 0.4) is 0 Å². The van der Waals surface area contributed by atoms with Crippen LogP contribution in [0, 0.1) is 11.7 Å². The fourth-order valence-corrected chi connectivity index (χ4v) is 2.17. The van der Waals surface area contributed by atoms with Crippen LogP contribution in [0.5, 0.6) is 0 Å². The summed E-state index contributed by atoms with van der Waals surface area (Å²) in [7, 11) is 0. The van der Waals surface area contributed by atoms with Gasteiger partial charge in [0.25, 0.3) is 6.02 Å². The first-order valence-electron chi connectivity index (χ1n) is 5.81. The van der Waals surface area contributed by atoms with Crippen LogP contribution in [-0.4, -0.2) is 24.7 Å². The summed E-state index contributed by atoms with van der Waals surface area (Å²) < 4.78 is 82.6. The Balaban J connectivity index is 2.52. The molecule has 1 aliphatic heterocycles. The molecule has 9 heteroatoms. The number of aliphatic imine (C=N–C) groups is 1. The lowest BCUT2D eigenvalue weighted by Gasteiger charge is -2.36. The molecule has 0 aromatic heterocycles. The molecule has 0 saturated heterocycles. The molecule has 0 spiro atoms. The summed E-state index contributed by atoms with van der Waals surface area (Å²) in [6.45, 7) is 0. The highest BCUT2D eigenvalue weighted by Gasteiger charge is 2.56. The average molecular weight is 312 g/mol. The smallest absolute Gasteiger partial charge is 0.426 e. The largest absolute Gasteiger partial charge is 0.452 e. The second-order valence-corrected chi connectivity index (χ2v) is 4.43. The summed E-state index contributed by atoms with van der Waals surface area (Å²) >= 11 is 0. The van der Waals surface area contributed by atoms with Gasteiger partial charge >= 0.3 is 6.18 Å². The number of nitrogens with zero attached hydrogens (tertiary/aromatic N) is 1. The summed E-state index contributed by atoms with van der Waals surface area (Å²) in [5.41, 5.74) is 4.74. The lowest BCUT2D eigenvalue weighted by Crippen LogP contribution is -2.49. The Morgan fingerprint density at radius 3 is 2.33 bits per heavy atom. The number of hydrogen-bond donors (Lipinski definition) is 1. The molecule has 21 heavy (non-hydrogen) atoms. The third kappa shape index (κ3) is 3.06. The van der Waals surface area contributed by atoms with Crippen LogP contribution in [0.1, 0.15) is 11.6 Å². The average Bonchev–Trinajstić information content (AvgIpc) is 2.36. The molecular formula is C12H10F6N2O. The van der Waals surface area contributed by atoms with Crippen molar-refractivity contribution in [2.24, 2.45) is 16.6 Å². The molecule has 0 radical (unpaired) electrons. The first-order valence-corrected chi connectivity index (χ1v) is 5.81. The van der Waals surface area contributed by atoms with Crippen molar-refractivity contribution in [3.05, 3.63) is 35.6 Å². The lowest BCUT2D eigenvalue weighted by atomic mass is 9.87. The minimum atomic E-state index is -5.08. The molecule has 3 unspecified atom stereocenters. The van der Waals surface area contributed by atoms with Crippen molar-refractivity contribution in [1.29, 1.82) is 0 Å². The van der Waals surface area contributed by atoms with Gasteiger partial charge < -0.3 is 10.5 Å². The van der Waals surface area contributed by atoms with Crippen molar-refractivity contribution in [1.82, 2.24) is 0 Å². The normalized spacial score (nSPS) is 26.4. The molecule has 0 fully saturated rings. The molecule has 0 aliphatic carbocycles. The van der Waals surface area contributed by atoms with Gasteiger partial charge in [-0.2, -0.15) is 13.2 Å². The maximum Gasteiger partial charge on any atom is 0.426 e. The Morgan fingerprint density at radius 2 is 1.81 bits per heavy atom. The molecular weight excluding hydrogens is 302 g/mol. The number of rotatable bonds is 2. The number of nitrogens with two attached hydrogens (primary N) is 1. The Hall–Kier alpha value is -1.93. The third-order valence-electron chi connectivity index (χ3n) is 3.07. The van der Waals surface area contributed by atoms with E-state index in [1.165, 1.54) is 12.1 Å². The minimum Gasteiger partial charge on any atom is -0.452 e. The van der Waals surface area contributed by atoms with Gasteiger partial charge in [-0.05, 0) is 6.07 Å². The van der Waals surface area contributed by atoms with E-state index >= 15 is 0 Å². The zero-order valence-electron chi connectivity index (χ0n) is 10.3. The number of benzene rings is 1. The van der Waals surface area contributed by atoms with E-state index < -0.39 is 42.5 Å². The zero-order valence-corrected chi connectivity index (χ0v) is 10.3. The molecule has 1 aromatic rings. The van der Waals surface area contributed by atoms with Gasteiger partial charge in [0.2, 0.25) is 12.5 Å². The summed E-state index contributed by atoms with van der Waals surface area (Å²) in [5.74, 6) is -3.32. The minimum absolute atomic E-state index is 0.386. The Morgan fingerprint density at radius 1 is 1.19 bits per heavy atom. The van der Waals surface area contributed by atoms with Gasteiger partial charge in [-0.1, -0.05) is 18.2 Å². The molecule has 1 aromatic carbocycles. The van der Waals surface area contributed by atoms with Gasteiger partial charge in [0.05, 0.1) is 12.0 Å². The maximum atomic E-state index is 13.7. The monoisotopic (exact) mass is 312 g/mol. The number of halogens is 6. The standard InChI is InChI=1S/C12H10F6N2O/c13-6-4-2-1-3-5(6)8-7(10(14)15)9(12(16,17)18)21-11(19)20-8/h1-4,7-10H,(H2,19,20). The van der Waals surface area contributed by atoms with Crippen molar-refractivity contribution >= 4 is 6.02 Å². The summed E-state index contributed by atoms with van der Waals surface area (Å²) in [6.07, 6.45) is -11.3. The van der Waals surface area contributed by atoms with E-state index in [1.54, 1.807) is 0 Å². The summed E-state index contributed by atoms with van der Waals surface area (Å²) in [6, 6.07) is 1.95. The quantitative estimate of drug-likeness (QED) is 0.853. The van der Waals surface area contributed by atoms with Crippen molar-refractivity contribution in [2.45, 2.75) is 24.7 Å². The Kier molecular flexibility index (Phi) is 4.02. The molecule has 1 heterocycles. The van der Waals surface area contributed by atoms with Gasteiger partial charge in [0.15, 0.2) is 0 Å². The summed E-state index contributed by atoms with van der Waals surface area (Å²) in [4.78, 5) is 3.43. The van der Waals surface area contributed by atoms with E-state index in [0.717, 1.165) is 12.1 Å². The number of hydrogen-bond acceptors (Lipinski definition) is 3. The Bertz CT molecular complexity index is 545. The molecule has 3 nitrogen and oxygen atoms in total. The predicted molar refractivity (Wildman–Crippen MR) is 61.2 cm³/mol. The van der Waals surface area contributed by atoms with E-state index in [9.17, 15) is 26.3 Å². The van der Waals surface area contributed by atoms with Crippen LogP contribution < -0.4 is 5.73 Å². The lowest BCUT2D eigenvalue weighted by molar-refractivity contribution is -0.233. The molecule has 2 N–H and O–H groups in total. The predicted octanol–water partition coefficient (Wildman–Crippen LogP) is 3.02. The van der Waals surface area contributed by atoms with E-state index in [0.29, 0.717) is 0 Å². The van der Waals surface area contributed by atoms with Gasteiger partial charge in [-0.15, -0.1) is 0 Å². The van der Waals surface area contributed by atoms with Crippen LogP contribution in [0.25, 0.3) is 0 Å². The SMILES string of the molecule is NC1=NC(c2ccccc2F)C(C(F)F)C(C(F)(F)F)O1. The number of alkyl halides is 5. The topological polar surface area (TPSA) is 47.6 Å². The van der Waals surface area contributed by atoms with Crippen molar-refractivity contribution in [2.75, 3.05) is 0 Å². The maximum absolute atomic E-state index is 13.7. The first kappa shape index (κ1) is 15.5. The fourth-order valence-electron chi connectivity index (χ4n) is 2.17. The van der Waals surface area contributed by atoms with Gasteiger partial charge in [-0.3, -0.25) is 0 Å². The first-order chi connectivity index (χ1) is 9.71. The van der Waals surface area contributed by atoms with E-state index in [1.807, 2.05) is 0 Å². The zero-order chi connectivity index (χ0) is 15.8. The molecule has 0 bridgehead atoms. The third-order valence-corrected chi connectivity index (χ3v) is 3.07. The highest BCUT2D eigenvalue weighted by molar-refractivity contribution is 5.72. The van der Waals surface area contributed by atoms with Crippen LogP contribution >= 0.6 is 0 Å². The highest BCUT2D eigenvalue weighted by atomic mass is 19.4. The van der Waals surface area contributed by atoms with Crippen LogP contribution in [0.15, 0.2) is 29.3 Å². The second kappa shape index (κ2) is 5.45. The van der Waals surface area contributed by atoms with Gasteiger partial charge in [0, 0.05) is 5.56 Å². The number of amidine groups is 1. The fraction of sp³-hybridized carbons (Fsp3) is 0.417. The van der Waals surface area contributed by atoms with Gasteiger partial charge in [-0.25, -0.2) is 18.2 Å². The Labute approximate surface area is 115 Å². The molecule has 2 rings (SSSR count). The molecule has 0 amide bonds. The van der Waals surface area contributed by atoms with Crippen molar-refractivity contribution in [3.8, 4) is 0 Å². The van der Waals surface area contributed by atoms with E-state index in [-0.39, 0.29) is 5.56 Å².